The Kier molecular flexibility index (Phi) is 5.60. The number of ketones is 1. The minimum absolute atomic E-state index is 0.00278. The minimum Gasteiger partial charge on any atom is -0.299 e. The zero-order valence-corrected chi connectivity index (χ0v) is 8.09. The smallest absolute Gasteiger partial charge is 0.209 e. The number of carbonyl (C=O) groups excluding carboxylic acids is 2. The molecule has 0 aliphatic rings. The number of carbonyl (C=O) groups is 1. The first-order valence-electron chi connectivity index (χ1n) is 4.58. The van der Waals surface area contributed by atoms with Crippen LogP contribution in [0.4, 0.5) is 0 Å². The van der Waals surface area contributed by atoms with Gasteiger partial charge in [-0.15, -0.1) is 0 Å². The van der Waals surface area contributed by atoms with Crippen molar-refractivity contribution in [2.75, 3.05) is 0 Å². The van der Waals surface area contributed by atoms with E-state index in [0.717, 1.165) is 12.8 Å². The van der Waals surface area contributed by atoms with Crippen LogP contribution in [-0.2, 0) is 9.59 Å². The summed E-state index contributed by atoms with van der Waals surface area (Å²) in [5.74, 6) is -0.428. The molecule has 0 aromatic rings. The summed E-state index contributed by atoms with van der Waals surface area (Å²) in [6.07, 6.45) is 4.13. The average Bonchev–Trinajstić information content (AvgIpc) is 2.11. The molecule has 0 bridgehead atoms. The molecule has 2 unspecified atom stereocenters. The van der Waals surface area contributed by atoms with Crippen molar-refractivity contribution >= 4 is 12.1 Å². The number of Topliss-reactive ketones (excluding diaryl/α,β-unsaturated/α-hetero) is 1. The fraction of sp³-hybridized carbons (Fsp3) is 0.800. The van der Waals surface area contributed by atoms with Crippen molar-refractivity contribution in [1.82, 2.24) is 0 Å². The van der Waals surface area contributed by atoms with Crippen molar-refractivity contribution in [2.24, 2.45) is 11.8 Å². The van der Waals surface area contributed by atoms with Crippen molar-refractivity contribution in [3.63, 3.8) is 0 Å². The van der Waals surface area contributed by atoms with Crippen LogP contribution in [0.3, 0.4) is 0 Å². The van der Waals surface area contributed by atoms with E-state index < -0.39 is 5.92 Å². The van der Waals surface area contributed by atoms with Crippen LogP contribution in [0.1, 0.15) is 40.0 Å². The Morgan fingerprint density at radius 1 is 1.42 bits per heavy atom. The van der Waals surface area contributed by atoms with E-state index >= 15 is 0 Å². The first-order chi connectivity index (χ1) is 5.67. The minimum atomic E-state index is -0.482. The van der Waals surface area contributed by atoms with Gasteiger partial charge in [-0.1, -0.05) is 27.2 Å². The Bertz CT molecular complexity index is 152. The zero-order chi connectivity index (χ0) is 9.56. The van der Waals surface area contributed by atoms with E-state index in [1.54, 1.807) is 0 Å². The number of hydrogen-bond acceptors (Lipinski definition) is 2. The average molecular weight is 169 g/mol. The summed E-state index contributed by atoms with van der Waals surface area (Å²) in [6.45, 7) is 5.78. The predicted octanol–water partition coefficient (Wildman–Crippen LogP) is 2.13. The molecule has 0 saturated heterocycles. The summed E-state index contributed by atoms with van der Waals surface area (Å²) in [5, 5.41) is 0. The molecule has 0 saturated carbocycles. The quantitative estimate of drug-likeness (QED) is 0.571. The van der Waals surface area contributed by atoms with Crippen LogP contribution in [0.25, 0.3) is 0 Å². The molecule has 0 heterocycles. The summed E-state index contributed by atoms with van der Waals surface area (Å²) in [5.41, 5.74) is 0. The van der Waals surface area contributed by atoms with Crippen molar-refractivity contribution in [1.29, 1.82) is 0 Å². The molecule has 12 heavy (non-hydrogen) atoms. The van der Waals surface area contributed by atoms with Crippen molar-refractivity contribution < 1.29 is 9.59 Å². The highest BCUT2D eigenvalue weighted by molar-refractivity contribution is 5.94. The van der Waals surface area contributed by atoms with Gasteiger partial charge in [-0.25, -0.2) is 0 Å². The molecular formula is C10H17O2. The van der Waals surface area contributed by atoms with E-state index in [4.69, 9.17) is 0 Å². The van der Waals surface area contributed by atoms with Crippen molar-refractivity contribution in [3.05, 3.63) is 0 Å². The van der Waals surface area contributed by atoms with Crippen LogP contribution < -0.4 is 0 Å². The van der Waals surface area contributed by atoms with Gasteiger partial charge >= 0.3 is 0 Å². The Balaban J connectivity index is 4.10. The Labute approximate surface area is 74.3 Å². The van der Waals surface area contributed by atoms with Gasteiger partial charge in [0, 0.05) is 5.92 Å². The first-order valence-corrected chi connectivity index (χ1v) is 4.58. The monoisotopic (exact) mass is 169 g/mol. The molecule has 0 aromatic heterocycles. The second-order valence-electron chi connectivity index (χ2n) is 3.17. The van der Waals surface area contributed by atoms with Gasteiger partial charge in [-0.05, 0) is 12.8 Å². The topological polar surface area (TPSA) is 34.1 Å². The third-order valence-corrected chi connectivity index (χ3v) is 2.16. The normalized spacial score (nSPS) is 15.2. The summed E-state index contributed by atoms with van der Waals surface area (Å²) in [7, 11) is 0. The second-order valence-corrected chi connectivity index (χ2v) is 3.17. The van der Waals surface area contributed by atoms with Crippen LogP contribution in [0.5, 0.6) is 0 Å². The van der Waals surface area contributed by atoms with E-state index in [1.807, 2.05) is 27.1 Å². The largest absolute Gasteiger partial charge is 0.299 e. The molecule has 0 aromatic carbocycles. The maximum atomic E-state index is 11.4. The molecule has 2 atom stereocenters. The highest BCUT2D eigenvalue weighted by Gasteiger charge is 2.21. The molecular weight excluding hydrogens is 152 g/mol. The van der Waals surface area contributed by atoms with Crippen molar-refractivity contribution in [2.45, 2.75) is 40.0 Å². The second kappa shape index (κ2) is 5.92. The van der Waals surface area contributed by atoms with E-state index in [1.165, 1.54) is 0 Å². The lowest BCUT2D eigenvalue weighted by Crippen LogP contribution is -2.22. The van der Waals surface area contributed by atoms with E-state index in [9.17, 15) is 9.59 Å². The molecule has 0 N–H and O–H groups in total. The molecule has 69 valence electrons. The molecule has 0 fully saturated rings. The lowest BCUT2D eigenvalue weighted by Gasteiger charge is -2.11. The standard InChI is InChI=1S/C10H17O2/c1-4-6-9(7-11)10(12)8(3)5-2/h8-9H,4-6H2,1-3H3. The first kappa shape index (κ1) is 11.3. The van der Waals surface area contributed by atoms with E-state index in [2.05, 4.69) is 0 Å². The van der Waals surface area contributed by atoms with Gasteiger partial charge in [-0.3, -0.25) is 9.59 Å². The van der Waals surface area contributed by atoms with E-state index in [0.29, 0.717) is 6.42 Å². The van der Waals surface area contributed by atoms with Gasteiger partial charge in [-0.2, -0.15) is 0 Å². The lowest BCUT2D eigenvalue weighted by molar-refractivity contribution is -0.124. The fourth-order valence-electron chi connectivity index (χ4n) is 1.09. The Morgan fingerprint density at radius 2 is 2.00 bits per heavy atom. The summed E-state index contributed by atoms with van der Waals surface area (Å²) < 4.78 is 0. The third-order valence-electron chi connectivity index (χ3n) is 2.16. The molecule has 0 aliphatic heterocycles. The highest BCUT2D eigenvalue weighted by atomic mass is 16.1. The highest BCUT2D eigenvalue weighted by Crippen LogP contribution is 2.13. The van der Waals surface area contributed by atoms with Crippen LogP contribution in [0.15, 0.2) is 0 Å². The van der Waals surface area contributed by atoms with Crippen LogP contribution in [0, 0.1) is 11.8 Å². The SMILES string of the molecule is CCCC([C]=O)C(=O)C(C)CC. The zero-order valence-electron chi connectivity index (χ0n) is 8.09. The van der Waals surface area contributed by atoms with Gasteiger partial charge in [0.05, 0.1) is 5.92 Å². The molecule has 0 aliphatic carbocycles. The van der Waals surface area contributed by atoms with Crippen LogP contribution in [-0.4, -0.2) is 12.1 Å². The molecule has 2 heteroatoms. The summed E-state index contributed by atoms with van der Waals surface area (Å²) in [6, 6.07) is 0. The molecule has 0 rings (SSSR count). The lowest BCUT2D eigenvalue weighted by atomic mass is 9.90. The van der Waals surface area contributed by atoms with Crippen LogP contribution in [0.2, 0.25) is 0 Å². The van der Waals surface area contributed by atoms with Gasteiger partial charge in [0.15, 0.2) is 0 Å². The number of hydrogen-bond donors (Lipinski definition) is 0. The fourth-order valence-corrected chi connectivity index (χ4v) is 1.09. The van der Waals surface area contributed by atoms with Gasteiger partial charge < -0.3 is 0 Å². The Morgan fingerprint density at radius 3 is 2.33 bits per heavy atom. The molecule has 1 radical (unpaired) electrons. The van der Waals surface area contributed by atoms with Gasteiger partial charge in [0.2, 0.25) is 6.29 Å². The molecule has 0 spiro atoms. The summed E-state index contributed by atoms with van der Waals surface area (Å²) in [4.78, 5) is 21.8. The van der Waals surface area contributed by atoms with Crippen molar-refractivity contribution in [3.8, 4) is 0 Å². The predicted molar refractivity (Wildman–Crippen MR) is 48.6 cm³/mol. The third kappa shape index (κ3) is 3.16. The molecule has 2 nitrogen and oxygen atoms in total. The van der Waals surface area contributed by atoms with Crippen LogP contribution >= 0.6 is 0 Å². The maximum Gasteiger partial charge on any atom is 0.209 e. The van der Waals surface area contributed by atoms with Gasteiger partial charge in [0.1, 0.15) is 5.78 Å². The van der Waals surface area contributed by atoms with Gasteiger partial charge in [0.25, 0.3) is 0 Å². The van der Waals surface area contributed by atoms with E-state index in [-0.39, 0.29) is 11.7 Å². The maximum absolute atomic E-state index is 11.4. The number of rotatable bonds is 6. The molecule has 0 amide bonds. The summed E-state index contributed by atoms with van der Waals surface area (Å²) >= 11 is 0. The Hall–Kier alpha value is -0.660.